The fourth-order valence-electron chi connectivity index (χ4n) is 3.92. The van der Waals surface area contributed by atoms with Crippen LogP contribution in [0.2, 0.25) is 0 Å². The summed E-state index contributed by atoms with van der Waals surface area (Å²) < 4.78 is 7.86. The van der Waals surface area contributed by atoms with Crippen LogP contribution in [0.4, 0.5) is 0 Å². The van der Waals surface area contributed by atoms with Gasteiger partial charge in [0.25, 0.3) is 0 Å². The minimum atomic E-state index is 0.532. The van der Waals surface area contributed by atoms with Gasteiger partial charge in [0.2, 0.25) is 0 Å². The normalized spacial score (nSPS) is 13.2. The van der Waals surface area contributed by atoms with Crippen LogP contribution in [0.3, 0.4) is 0 Å². The van der Waals surface area contributed by atoms with Gasteiger partial charge in [0.05, 0.1) is 12.2 Å². The van der Waals surface area contributed by atoms with Crippen molar-refractivity contribution in [1.29, 1.82) is 0 Å². The SMILES string of the molecule is C/C=C(\C=C/Cn1nc(C=O)c2c1-c1cc(C)ccc1CC2)OCc1ccccc1. The number of carbonyl (C=O) groups excluding carboxylic acids is 1. The Bertz CT molecular complexity index is 1110. The van der Waals surface area contributed by atoms with Gasteiger partial charge in [-0.25, -0.2) is 0 Å². The third-order valence-corrected chi connectivity index (χ3v) is 5.45. The molecule has 0 N–H and O–H groups in total. The summed E-state index contributed by atoms with van der Waals surface area (Å²) in [7, 11) is 0. The van der Waals surface area contributed by atoms with Crippen LogP contribution in [0.25, 0.3) is 11.3 Å². The van der Waals surface area contributed by atoms with Crippen LogP contribution in [-0.4, -0.2) is 16.1 Å². The Labute approximate surface area is 177 Å². The molecule has 1 aliphatic carbocycles. The Kier molecular flexibility index (Phi) is 5.94. The van der Waals surface area contributed by atoms with Crippen LogP contribution < -0.4 is 0 Å². The highest BCUT2D eigenvalue weighted by Gasteiger charge is 2.24. The summed E-state index contributed by atoms with van der Waals surface area (Å²) in [6.45, 7) is 5.17. The van der Waals surface area contributed by atoms with E-state index in [9.17, 15) is 4.79 Å². The smallest absolute Gasteiger partial charge is 0.170 e. The molecule has 1 aliphatic rings. The third kappa shape index (κ3) is 4.13. The molecule has 4 heteroatoms. The highest BCUT2D eigenvalue weighted by Crippen LogP contribution is 2.35. The lowest BCUT2D eigenvalue weighted by molar-refractivity contribution is 0.111. The molecule has 1 heterocycles. The molecule has 152 valence electrons. The summed E-state index contributed by atoms with van der Waals surface area (Å²) >= 11 is 0. The Hall–Kier alpha value is -3.40. The number of carbonyl (C=O) groups is 1. The van der Waals surface area contributed by atoms with Gasteiger partial charge in [-0.15, -0.1) is 0 Å². The van der Waals surface area contributed by atoms with Crippen molar-refractivity contribution >= 4 is 6.29 Å². The molecule has 4 nitrogen and oxygen atoms in total. The molecular weight excluding hydrogens is 372 g/mol. The molecule has 0 fully saturated rings. The maximum atomic E-state index is 11.6. The monoisotopic (exact) mass is 398 g/mol. The van der Waals surface area contributed by atoms with Crippen LogP contribution in [-0.2, 0) is 30.7 Å². The van der Waals surface area contributed by atoms with Crippen molar-refractivity contribution in [3.63, 3.8) is 0 Å². The lowest BCUT2D eigenvalue weighted by Gasteiger charge is -2.19. The Morgan fingerprint density at radius 2 is 2.00 bits per heavy atom. The predicted molar refractivity (Wildman–Crippen MR) is 119 cm³/mol. The molecule has 4 rings (SSSR count). The average Bonchev–Trinajstić information content (AvgIpc) is 3.15. The molecule has 0 spiro atoms. The quantitative estimate of drug-likeness (QED) is 0.302. The second-order valence-electron chi connectivity index (χ2n) is 7.54. The standard InChI is InChI=1S/C26H26N2O2/c1-3-22(30-18-20-8-5-4-6-9-20)10-7-15-28-26-23(25(17-29)27-28)14-13-21-12-11-19(2)16-24(21)26/h3-12,16-17H,13-15,18H2,1-2H3/b10-7-,22-3+. The molecule has 0 saturated heterocycles. The van der Waals surface area contributed by atoms with E-state index in [1.165, 1.54) is 16.7 Å². The zero-order chi connectivity index (χ0) is 20.9. The first-order valence-corrected chi connectivity index (χ1v) is 10.3. The average molecular weight is 399 g/mol. The molecule has 0 atom stereocenters. The number of rotatable bonds is 7. The first kappa shape index (κ1) is 19.9. The minimum absolute atomic E-state index is 0.532. The first-order valence-electron chi connectivity index (χ1n) is 10.3. The third-order valence-electron chi connectivity index (χ3n) is 5.45. The van der Waals surface area contributed by atoms with Crippen molar-refractivity contribution in [2.75, 3.05) is 0 Å². The van der Waals surface area contributed by atoms with E-state index in [2.05, 4.69) is 30.2 Å². The summed E-state index contributed by atoms with van der Waals surface area (Å²) in [5.41, 5.74) is 7.53. The topological polar surface area (TPSA) is 44.1 Å². The van der Waals surface area contributed by atoms with Gasteiger partial charge in [-0.1, -0.05) is 54.1 Å². The van der Waals surface area contributed by atoms with Crippen LogP contribution in [0.5, 0.6) is 0 Å². The largest absolute Gasteiger partial charge is 0.489 e. The number of nitrogens with zero attached hydrogens (tertiary/aromatic N) is 2. The first-order chi connectivity index (χ1) is 14.7. The molecule has 1 aromatic heterocycles. The van der Waals surface area contributed by atoms with Crippen molar-refractivity contribution in [3.8, 4) is 11.3 Å². The minimum Gasteiger partial charge on any atom is -0.489 e. The van der Waals surface area contributed by atoms with Crippen LogP contribution in [0, 0.1) is 6.92 Å². The highest BCUT2D eigenvalue weighted by molar-refractivity contribution is 5.82. The number of benzene rings is 2. The van der Waals surface area contributed by atoms with Gasteiger partial charge in [0.15, 0.2) is 6.29 Å². The van der Waals surface area contributed by atoms with E-state index >= 15 is 0 Å². The number of aromatic nitrogens is 2. The van der Waals surface area contributed by atoms with E-state index in [-0.39, 0.29) is 0 Å². The van der Waals surface area contributed by atoms with Gasteiger partial charge in [-0.3, -0.25) is 9.48 Å². The van der Waals surface area contributed by atoms with E-state index < -0.39 is 0 Å². The number of allylic oxidation sites excluding steroid dienone is 3. The number of aryl methyl sites for hydroxylation is 2. The van der Waals surface area contributed by atoms with Crippen molar-refractivity contribution in [1.82, 2.24) is 9.78 Å². The highest BCUT2D eigenvalue weighted by atomic mass is 16.5. The van der Waals surface area contributed by atoms with E-state index in [1.807, 2.05) is 60.2 Å². The fraction of sp³-hybridized carbons (Fsp3) is 0.231. The lowest BCUT2D eigenvalue weighted by Crippen LogP contribution is -2.08. The van der Waals surface area contributed by atoms with E-state index in [0.29, 0.717) is 18.8 Å². The van der Waals surface area contributed by atoms with Crippen molar-refractivity contribution in [3.05, 3.63) is 100 Å². The molecule has 0 bridgehead atoms. The van der Waals surface area contributed by atoms with Gasteiger partial charge in [-0.05, 0) is 56.0 Å². The maximum absolute atomic E-state index is 11.6. The molecular formula is C26H26N2O2. The molecule has 0 saturated carbocycles. The Balaban J connectivity index is 1.54. The van der Waals surface area contributed by atoms with Gasteiger partial charge in [0, 0.05) is 11.1 Å². The van der Waals surface area contributed by atoms with Crippen molar-refractivity contribution in [2.24, 2.45) is 0 Å². The van der Waals surface area contributed by atoms with Gasteiger partial charge < -0.3 is 4.74 Å². The number of hydrogen-bond acceptors (Lipinski definition) is 3. The molecule has 2 aromatic carbocycles. The van der Waals surface area contributed by atoms with Crippen LogP contribution in [0.1, 0.15) is 39.7 Å². The van der Waals surface area contributed by atoms with Gasteiger partial charge in [-0.2, -0.15) is 5.10 Å². The zero-order valence-electron chi connectivity index (χ0n) is 17.5. The van der Waals surface area contributed by atoms with Crippen molar-refractivity contribution in [2.45, 2.75) is 39.8 Å². The number of ether oxygens (including phenoxy) is 1. The second kappa shape index (κ2) is 8.95. The summed E-state index contributed by atoms with van der Waals surface area (Å²) in [6, 6.07) is 16.6. The molecule has 0 amide bonds. The summed E-state index contributed by atoms with van der Waals surface area (Å²) in [4.78, 5) is 11.6. The van der Waals surface area contributed by atoms with Gasteiger partial charge in [0.1, 0.15) is 18.1 Å². The zero-order valence-corrected chi connectivity index (χ0v) is 17.5. The molecule has 0 radical (unpaired) electrons. The molecule has 3 aromatic rings. The fourth-order valence-corrected chi connectivity index (χ4v) is 3.92. The molecule has 30 heavy (non-hydrogen) atoms. The number of aldehydes is 1. The molecule has 0 unspecified atom stereocenters. The van der Waals surface area contributed by atoms with Crippen LogP contribution >= 0.6 is 0 Å². The summed E-state index contributed by atoms with van der Waals surface area (Å²) in [6.07, 6.45) is 8.63. The van der Waals surface area contributed by atoms with E-state index in [4.69, 9.17) is 4.74 Å². The summed E-state index contributed by atoms with van der Waals surface area (Å²) in [5.74, 6) is 0.812. The molecule has 0 aliphatic heterocycles. The second-order valence-corrected chi connectivity index (χ2v) is 7.54. The van der Waals surface area contributed by atoms with Gasteiger partial charge >= 0.3 is 0 Å². The maximum Gasteiger partial charge on any atom is 0.170 e. The number of hydrogen-bond donors (Lipinski definition) is 0. The lowest BCUT2D eigenvalue weighted by atomic mass is 9.88. The Morgan fingerprint density at radius 1 is 1.17 bits per heavy atom. The predicted octanol–water partition coefficient (Wildman–Crippen LogP) is 5.45. The van der Waals surface area contributed by atoms with Crippen molar-refractivity contribution < 1.29 is 9.53 Å². The van der Waals surface area contributed by atoms with E-state index in [0.717, 1.165) is 41.7 Å². The number of fused-ring (bicyclic) bond motifs is 3. The summed E-state index contributed by atoms with van der Waals surface area (Å²) in [5, 5.41) is 4.59. The Morgan fingerprint density at radius 3 is 2.77 bits per heavy atom. The van der Waals surface area contributed by atoms with Crippen LogP contribution in [0.15, 0.2) is 72.5 Å². The van der Waals surface area contributed by atoms with E-state index in [1.54, 1.807) is 0 Å².